The van der Waals surface area contributed by atoms with E-state index in [0.29, 0.717) is 16.8 Å². The van der Waals surface area contributed by atoms with E-state index in [9.17, 15) is 0 Å². The molecule has 2 aromatic rings. The summed E-state index contributed by atoms with van der Waals surface area (Å²) in [6.45, 7) is 1.97. The SMILES string of the molecule is CCC(N)c1nnc(-c2ccc(I)c(Cl)c2)o1. The van der Waals surface area contributed by atoms with Crippen LogP contribution in [0.5, 0.6) is 0 Å². The molecule has 1 aromatic heterocycles. The summed E-state index contributed by atoms with van der Waals surface area (Å²) in [5.41, 5.74) is 6.62. The fourth-order valence-electron chi connectivity index (χ4n) is 1.30. The molecule has 17 heavy (non-hydrogen) atoms. The van der Waals surface area contributed by atoms with Gasteiger partial charge in [0.05, 0.1) is 11.1 Å². The molecule has 0 amide bonds. The Balaban J connectivity index is 2.33. The van der Waals surface area contributed by atoms with Crippen molar-refractivity contribution < 1.29 is 4.42 Å². The number of aromatic nitrogens is 2. The molecule has 1 atom stereocenters. The molecule has 0 aliphatic carbocycles. The first-order chi connectivity index (χ1) is 8.11. The van der Waals surface area contributed by atoms with E-state index >= 15 is 0 Å². The first-order valence-electron chi connectivity index (χ1n) is 5.16. The molecule has 1 heterocycles. The third-order valence-corrected chi connectivity index (χ3v) is 3.94. The van der Waals surface area contributed by atoms with E-state index in [1.54, 1.807) is 6.07 Å². The molecule has 0 saturated heterocycles. The molecule has 0 saturated carbocycles. The lowest BCUT2D eigenvalue weighted by molar-refractivity contribution is 0.452. The van der Waals surface area contributed by atoms with Crippen molar-refractivity contribution in [3.05, 3.63) is 32.7 Å². The van der Waals surface area contributed by atoms with E-state index in [-0.39, 0.29) is 6.04 Å². The Labute approximate surface area is 118 Å². The van der Waals surface area contributed by atoms with Crippen molar-refractivity contribution in [3.8, 4) is 11.5 Å². The maximum atomic E-state index is 6.04. The van der Waals surface area contributed by atoms with Crippen LogP contribution in [0.25, 0.3) is 11.5 Å². The molecule has 0 fully saturated rings. The third-order valence-electron chi connectivity index (χ3n) is 2.36. The lowest BCUT2D eigenvalue weighted by Gasteiger charge is -2.01. The van der Waals surface area contributed by atoms with Crippen molar-refractivity contribution in [2.45, 2.75) is 19.4 Å². The maximum Gasteiger partial charge on any atom is 0.247 e. The van der Waals surface area contributed by atoms with Gasteiger partial charge in [-0.05, 0) is 47.2 Å². The predicted molar refractivity (Wildman–Crippen MR) is 74.7 cm³/mol. The smallest absolute Gasteiger partial charge is 0.247 e. The molecule has 0 bridgehead atoms. The van der Waals surface area contributed by atoms with Crippen molar-refractivity contribution in [1.29, 1.82) is 0 Å². The maximum absolute atomic E-state index is 6.04. The number of nitrogens with zero attached hydrogens (tertiary/aromatic N) is 2. The van der Waals surface area contributed by atoms with Gasteiger partial charge in [-0.25, -0.2) is 0 Å². The van der Waals surface area contributed by atoms with Crippen molar-refractivity contribution in [3.63, 3.8) is 0 Å². The lowest BCUT2D eigenvalue weighted by atomic mass is 10.2. The van der Waals surface area contributed by atoms with E-state index in [0.717, 1.165) is 15.6 Å². The van der Waals surface area contributed by atoms with Gasteiger partial charge in [0.2, 0.25) is 11.8 Å². The van der Waals surface area contributed by atoms with Crippen LogP contribution < -0.4 is 5.73 Å². The number of halogens is 2. The topological polar surface area (TPSA) is 64.9 Å². The highest BCUT2D eigenvalue weighted by molar-refractivity contribution is 14.1. The summed E-state index contributed by atoms with van der Waals surface area (Å²) in [6, 6.07) is 5.39. The third kappa shape index (κ3) is 2.78. The van der Waals surface area contributed by atoms with Gasteiger partial charge in [0.15, 0.2) is 0 Å². The molecule has 1 unspecified atom stereocenters. The quantitative estimate of drug-likeness (QED) is 0.849. The second-order valence-electron chi connectivity index (χ2n) is 3.59. The summed E-state index contributed by atoms with van der Waals surface area (Å²) in [7, 11) is 0. The Morgan fingerprint density at radius 3 is 2.88 bits per heavy atom. The van der Waals surface area contributed by atoms with Gasteiger partial charge in [0, 0.05) is 9.13 Å². The molecule has 0 radical (unpaired) electrons. The molecule has 2 N–H and O–H groups in total. The van der Waals surface area contributed by atoms with Gasteiger partial charge >= 0.3 is 0 Å². The summed E-state index contributed by atoms with van der Waals surface area (Å²) in [5.74, 6) is 0.902. The Hall–Kier alpha value is -0.660. The minimum absolute atomic E-state index is 0.212. The Bertz CT molecular complexity index is 529. The molecule has 6 heteroatoms. The Morgan fingerprint density at radius 1 is 1.47 bits per heavy atom. The number of hydrogen-bond donors (Lipinski definition) is 1. The zero-order chi connectivity index (χ0) is 12.4. The van der Waals surface area contributed by atoms with E-state index in [1.807, 2.05) is 19.1 Å². The molecule has 0 spiro atoms. The summed E-state index contributed by atoms with van der Waals surface area (Å²) in [5, 5.41) is 8.57. The Kier molecular flexibility index (Phi) is 4.01. The molecule has 2 rings (SSSR count). The predicted octanol–water partition coefficient (Wildman–Crippen LogP) is 3.40. The second kappa shape index (κ2) is 5.32. The summed E-state index contributed by atoms with van der Waals surface area (Å²) in [4.78, 5) is 0. The monoisotopic (exact) mass is 363 g/mol. The standard InChI is InChI=1S/C11H11ClIN3O/c1-2-9(14)11-16-15-10(17-11)6-3-4-8(13)7(12)5-6/h3-5,9H,2,14H2,1H3. The summed E-state index contributed by atoms with van der Waals surface area (Å²) >= 11 is 8.20. The van der Waals surface area contributed by atoms with E-state index < -0.39 is 0 Å². The lowest BCUT2D eigenvalue weighted by Crippen LogP contribution is -2.08. The Morgan fingerprint density at radius 2 is 2.24 bits per heavy atom. The van der Waals surface area contributed by atoms with Gasteiger partial charge in [0.25, 0.3) is 0 Å². The molecular weight excluding hydrogens is 352 g/mol. The number of benzene rings is 1. The van der Waals surface area contributed by atoms with Crippen LogP contribution in [-0.4, -0.2) is 10.2 Å². The zero-order valence-corrected chi connectivity index (χ0v) is 12.1. The molecule has 0 aliphatic heterocycles. The van der Waals surface area contributed by atoms with Crippen molar-refractivity contribution in [2.24, 2.45) is 5.73 Å². The van der Waals surface area contributed by atoms with Crippen molar-refractivity contribution in [1.82, 2.24) is 10.2 Å². The first-order valence-corrected chi connectivity index (χ1v) is 6.62. The van der Waals surface area contributed by atoms with Crippen molar-refractivity contribution in [2.75, 3.05) is 0 Å². The van der Waals surface area contributed by atoms with Crippen LogP contribution in [0.3, 0.4) is 0 Å². The normalized spacial score (nSPS) is 12.7. The fourth-order valence-corrected chi connectivity index (χ4v) is 1.82. The van der Waals surface area contributed by atoms with Gasteiger partial charge < -0.3 is 10.2 Å². The average molecular weight is 364 g/mol. The van der Waals surface area contributed by atoms with E-state index in [4.69, 9.17) is 21.8 Å². The van der Waals surface area contributed by atoms with Crippen LogP contribution in [0.4, 0.5) is 0 Å². The van der Waals surface area contributed by atoms with Crippen LogP contribution >= 0.6 is 34.2 Å². The van der Waals surface area contributed by atoms with Crippen LogP contribution in [0, 0.1) is 3.57 Å². The van der Waals surface area contributed by atoms with Gasteiger partial charge in [0.1, 0.15) is 0 Å². The number of hydrogen-bond acceptors (Lipinski definition) is 4. The summed E-state index contributed by atoms with van der Waals surface area (Å²) in [6.07, 6.45) is 0.759. The number of rotatable bonds is 3. The van der Waals surface area contributed by atoms with Crippen LogP contribution in [-0.2, 0) is 0 Å². The fraction of sp³-hybridized carbons (Fsp3) is 0.273. The number of nitrogens with two attached hydrogens (primary N) is 1. The highest BCUT2D eigenvalue weighted by atomic mass is 127. The van der Waals surface area contributed by atoms with Crippen LogP contribution in [0.2, 0.25) is 5.02 Å². The van der Waals surface area contributed by atoms with Gasteiger partial charge in [-0.3, -0.25) is 0 Å². The average Bonchev–Trinajstić information content (AvgIpc) is 2.81. The van der Waals surface area contributed by atoms with Crippen LogP contribution in [0.1, 0.15) is 25.3 Å². The largest absolute Gasteiger partial charge is 0.419 e. The van der Waals surface area contributed by atoms with Gasteiger partial charge in [-0.15, -0.1) is 10.2 Å². The first kappa shape index (κ1) is 12.8. The zero-order valence-electron chi connectivity index (χ0n) is 9.15. The summed E-state index contributed by atoms with van der Waals surface area (Å²) < 4.78 is 6.49. The minimum atomic E-state index is -0.212. The molecule has 4 nitrogen and oxygen atoms in total. The highest BCUT2D eigenvalue weighted by Gasteiger charge is 2.14. The highest BCUT2D eigenvalue weighted by Crippen LogP contribution is 2.26. The van der Waals surface area contributed by atoms with Crippen LogP contribution in [0.15, 0.2) is 22.6 Å². The second-order valence-corrected chi connectivity index (χ2v) is 5.16. The molecule has 1 aromatic carbocycles. The van der Waals surface area contributed by atoms with E-state index in [1.165, 1.54) is 0 Å². The van der Waals surface area contributed by atoms with Crippen molar-refractivity contribution >= 4 is 34.2 Å². The molecule has 90 valence electrons. The minimum Gasteiger partial charge on any atom is -0.419 e. The van der Waals surface area contributed by atoms with E-state index in [2.05, 4.69) is 32.8 Å². The van der Waals surface area contributed by atoms with Gasteiger partial charge in [-0.2, -0.15) is 0 Å². The van der Waals surface area contributed by atoms with Gasteiger partial charge in [-0.1, -0.05) is 18.5 Å². The molecular formula is C11H11ClIN3O. The molecule has 0 aliphatic rings.